The summed E-state index contributed by atoms with van der Waals surface area (Å²) in [5.74, 6) is 0. The molecule has 0 N–H and O–H groups in total. The van der Waals surface area contributed by atoms with Gasteiger partial charge in [0.15, 0.2) is 0 Å². The maximum Gasteiger partial charge on any atom is 2.00 e. The fourth-order valence-corrected chi connectivity index (χ4v) is 0. The van der Waals surface area contributed by atoms with E-state index in [0.717, 1.165) is 0 Å². The zero-order chi connectivity index (χ0) is 3.58. The topological polar surface area (TPSA) is 63.2 Å². The van der Waals surface area contributed by atoms with Gasteiger partial charge in [-0.3, -0.25) is 0 Å². The maximum absolute atomic E-state index is 8.52. The van der Waals surface area contributed by atoms with Crippen molar-refractivity contribution < 1.29 is 45.6 Å². The molecular formula is LiMnO3Sr+. The Labute approximate surface area is 89.3 Å². The van der Waals surface area contributed by atoms with Crippen molar-refractivity contribution >= 4 is 45.5 Å². The third kappa shape index (κ3) is 33.3. The molecule has 0 aliphatic heterocycles. The predicted octanol–water partition coefficient (Wildman–Crippen LogP) is -5.88. The minimum atomic E-state index is -3.65. The molecule has 0 aliphatic rings. The van der Waals surface area contributed by atoms with Crippen LogP contribution in [0.4, 0.5) is 0 Å². The first-order valence-corrected chi connectivity index (χ1v) is 1.91. The van der Waals surface area contributed by atoms with Crippen LogP contribution in [0.3, 0.4) is 0 Å². The van der Waals surface area contributed by atoms with Gasteiger partial charge in [-0.25, -0.2) is 0 Å². The van der Waals surface area contributed by atoms with Crippen molar-refractivity contribution in [2.75, 3.05) is 0 Å². The van der Waals surface area contributed by atoms with E-state index in [1.165, 1.54) is 0 Å². The molecule has 27 valence electrons. The van der Waals surface area contributed by atoms with Crippen molar-refractivity contribution in [2.24, 2.45) is 0 Å². The molecule has 0 rings (SSSR count). The van der Waals surface area contributed by atoms with Gasteiger partial charge in [0.05, 0.1) is 0 Å². The van der Waals surface area contributed by atoms with Gasteiger partial charge in [-0.2, -0.15) is 0 Å². The van der Waals surface area contributed by atoms with Crippen LogP contribution in [0.15, 0.2) is 0 Å². The Morgan fingerprint density at radius 2 is 1.33 bits per heavy atom. The molecule has 0 aromatic heterocycles. The van der Waals surface area contributed by atoms with Crippen LogP contribution < -0.4 is 27.2 Å². The second-order valence-corrected chi connectivity index (χ2v) is 0.779. The number of hydrogen-bond acceptors (Lipinski definition) is 3. The van der Waals surface area contributed by atoms with E-state index in [0.29, 0.717) is 0 Å². The van der Waals surface area contributed by atoms with E-state index >= 15 is 0 Å². The zero-order valence-corrected chi connectivity index (χ0v) is 7.97. The van der Waals surface area contributed by atoms with E-state index in [2.05, 4.69) is 0 Å². The van der Waals surface area contributed by atoms with Gasteiger partial charge >= 0.3 is 91.0 Å². The molecule has 0 aliphatic carbocycles. The standard InChI is InChI=1S/Li.Mn.3O.Sr/q+1;;;2*-1;+2. The van der Waals surface area contributed by atoms with Gasteiger partial charge in [0.2, 0.25) is 0 Å². The molecular weight excluding hydrogens is 197 g/mol. The van der Waals surface area contributed by atoms with E-state index in [4.69, 9.17) is 12.2 Å². The zero-order valence-electron chi connectivity index (χ0n) is 3.31. The van der Waals surface area contributed by atoms with Crippen molar-refractivity contribution in [1.82, 2.24) is 0 Å². The Kier molecular flexibility index (Phi) is 27.1. The summed E-state index contributed by atoms with van der Waals surface area (Å²) in [5, 5.41) is 0. The Morgan fingerprint density at radius 3 is 1.33 bits per heavy atom. The Balaban J connectivity index is -0.0000000450. The smallest absolute Gasteiger partial charge is 2.00 e. The average molecular weight is 197 g/mol. The van der Waals surface area contributed by atoms with Crippen LogP contribution in [-0.2, 0) is 18.3 Å². The first kappa shape index (κ1) is 15.8. The van der Waals surface area contributed by atoms with Crippen LogP contribution in [0.2, 0.25) is 0 Å². The number of hydrogen-bond donors (Lipinski definition) is 0. The van der Waals surface area contributed by atoms with Gasteiger partial charge in [-0.1, -0.05) is 0 Å². The third-order valence-electron chi connectivity index (χ3n) is 0. The summed E-state index contributed by atoms with van der Waals surface area (Å²) in [6.45, 7) is 0. The normalized spacial score (nSPS) is 5.83. The summed E-state index contributed by atoms with van der Waals surface area (Å²) in [5.41, 5.74) is 0. The van der Waals surface area contributed by atoms with Crippen LogP contribution in [-0.4, -0.2) is 45.5 Å². The second-order valence-electron chi connectivity index (χ2n) is 0.189. The maximum atomic E-state index is 8.52. The molecule has 0 amide bonds. The van der Waals surface area contributed by atoms with E-state index in [1.807, 2.05) is 0 Å². The van der Waals surface area contributed by atoms with Crippen molar-refractivity contribution in [3.05, 3.63) is 0 Å². The summed E-state index contributed by atoms with van der Waals surface area (Å²) >= 11 is -3.65. The molecule has 0 atom stereocenters. The summed E-state index contributed by atoms with van der Waals surface area (Å²) in [6, 6.07) is 0. The van der Waals surface area contributed by atoms with Crippen LogP contribution >= 0.6 is 0 Å². The molecule has 0 saturated carbocycles. The molecule has 3 nitrogen and oxygen atoms in total. The molecule has 0 bridgehead atoms. The van der Waals surface area contributed by atoms with E-state index < -0.39 is 14.5 Å². The van der Waals surface area contributed by atoms with Gasteiger partial charge in [0.25, 0.3) is 0 Å². The van der Waals surface area contributed by atoms with Crippen molar-refractivity contribution in [3.63, 3.8) is 0 Å². The average Bonchev–Trinajstić information content (AvgIpc) is 0.811. The SMILES string of the molecule is [Li+].[O]=[Mn]([O-])[O-].[Sr+2]. The molecule has 0 spiro atoms. The van der Waals surface area contributed by atoms with Crippen molar-refractivity contribution in [2.45, 2.75) is 0 Å². The van der Waals surface area contributed by atoms with Crippen LogP contribution in [0.5, 0.6) is 0 Å². The Bertz CT molecular complexity index is 33.8. The molecule has 0 saturated heterocycles. The molecule has 0 unspecified atom stereocenters. The monoisotopic (exact) mass is 198 g/mol. The van der Waals surface area contributed by atoms with Gasteiger partial charge in [-0.05, 0) is 0 Å². The predicted molar refractivity (Wildman–Crippen MR) is 6.44 cm³/mol. The van der Waals surface area contributed by atoms with Crippen LogP contribution in [0.25, 0.3) is 0 Å². The first-order valence-electron chi connectivity index (χ1n) is 0.463. The van der Waals surface area contributed by atoms with Gasteiger partial charge in [0, 0.05) is 0 Å². The van der Waals surface area contributed by atoms with Crippen molar-refractivity contribution in [1.29, 1.82) is 0 Å². The molecule has 6 heteroatoms. The molecule has 6 heavy (non-hydrogen) atoms. The molecule has 0 aromatic carbocycles. The van der Waals surface area contributed by atoms with Gasteiger partial charge in [-0.15, -0.1) is 0 Å². The minimum Gasteiger partial charge on any atom is 2.00 e. The molecule has 0 fully saturated rings. The fourth-order valence-electron chi connectivity index (χ4n) is 0. The molecule has 0 radical (unpaired) electrons. The van der Waals surface area contributed by atoms with Gasteiger partial charge < -0.3 is 0 Å². The Hall–Kier alpha value is 2.32. The van der Waals surface area contributed by atoms with Crippen molar-refractivity contribution in [3.8, 4) is 0 Å². The first-order chi connectivity index (χ1) is 1.73. The molecule has 0 aromatic rings. The van der Waals surface area contributed by atoms with Crippen LogP contribution in [0, 0.1) is 0 Å². The summed E-state index contributed by atoms with van der Waals surface area (Å²) in [7, 11) is 0. The van der Waals surface area contributed by atoms with E-state index in [9.17, 15) is 0 Å². The van der Waals surface area contributed by atoms with Gasteiger partial charge in [0.1, 0.15) is 0 Å². The quantitative estimate of drug-likeness (QED) is 0.364. The van der Waals surface area contributed by atoms with E-state index in [-0.39, 0.29) is 64.3 Å². The summed E-state index contributed by atoms with van der Waals surface area (Å²) < 4.78 is 25.6. The number of rotatable bonds is 0. The molecule has 0 heterocycles. The third-order valence-corrected chi connectivity index (χ3v) is 0. The summed E-state index contributed by atoms with van der Waals surface area (Å²) in [6.07, 6.45) is 0. The Morgan fingerprint density at radius 1 is 1.33 bits per heavy atom. The van der Waals surface area contributed by atoms with Crippen LogP contribution in [0.1, 0.15) is 0 Å². The minimum absolute atomic E-state index is 0. The summed E-state index contributed by atoms with van der Waals surface area (Å²) in [4.78, 5) is 0. The van der Waals surface area contributed by atoms with E-state index in [1.54, 1.807) is 0 Å². The fraction of sp³-hybridized carbons (Fsp3) is 0. The second kappa shape index (κ2) is 10.3. The largest absolute Gasteiger partial charge is 2.00 e.